The van der Waals surface area contributed by atoms with Gasteiger partial charge in [0.2, 0.25) is 0 Å². The smallest absolute Gasteiger partial charge is 0.261 e. The quantitative estimate of drug-likeness (QED) is 0.408. The highest BCUT2D eigenvalue weighted by atomic mass is 32.2. The molecule has 1 N–H and O–H groups in total. The molecule has 0 bridgehead atoms. The average molecular weight is 438 g/mol. The van der Waals surface area contributed by atoms with E-state index in [0.29, 0.717) is 18.0 Å². The molecule has 0 aliphatic heterocycles. The van der Waals surface area contributed by atoms with Crippen molar-refractivity contribution < 1.29 is 8.42 Å². The van der Waals surface area contributed by atoms with Crippen LogP contribution in [0.4, 0.5) is 5.69 Å². The summed E-state index contributed by atoms with van der Waals surface area (Å²) in [6.07, 6.45) is 2.52. The first-order valence-electron chi connectivity index (χ1n) is 10.1. The number of hydrogen-bond acceptors (Lipinski definition) is 3. The molecule has 3 nitrogen and oxygen atoms in total. The van der Waals surface area contributed by atoms with Crippen LogP contribution >= 0.6 is 12.2 Å². The van der Waals surface area contributed by atoms with Gasteiger partial charge < -0.3 is 0 Å². The second kappa shape index (κ2) is 10.0. The van der Waals surface area contributed by atoms with Crippen molar-refractivity contribution in [1.82, 2.24) is 0 Å². The zero-order valence-electron chi connectivity index (χ0n) is 17.3. The van der Waals surface area contributed by atoms with Gasteiger partial charge in [-0.3, -0.25) is 4.72 Å². The van der Waals surface area contributed by atoms with Crippen molar-refractivity contribution in [1.29, 1.82) is 0 Å². The number of anilines is 1. The van der Waals surface area contributed by atoms with Gasteiger partial charge in [0.1, 0.15) is 0 Å². The molecule has 0 radical (unpaired) electrons. The topological polar surface area (TPSA) is 46.2 Å². The highest BCUT2D eigenvalue weighted by Crippen LogP contribution is 2.20. The van der Waals surface area contributed by atoms with Crippen LogP contribution in [0.3, 0.4) is 0 Å². The van der Waals surface area contributed by atoms with Gasteiger partial charge in [0.25, 0.3) is 10.0 Å². The molecule has 0 fully saturated rings. The Kier molecular flexibility index (Phi) is 7.40. The number of sulfonamides is 1. The third-order valence-corrected chi connectivity index (χ3v) is 6.91. The molecule has 0 saturated carbocycles. The fourth-order valence-corrected chi connectivity index (χ4v) is 4.62. The van der Waals surface area contributed by atoms with Gasteiger partial charge >= 0.3 is 0 Å². The Hall–Kier alpha value is -2.50. The highest BCUT2D eigenvalue weighted by Gasteiger charge is 2.14. The molecule has 156 valence electrons. The van der Waals surface area contributed by atoms with Crippen molar-refractivity contribution in [3.8, 4) is 0 Å². The summed E-state index contributed by atoms with van der Waals surface area (Å²) in [5.74, 6) is 0.567. The molecule has 0 spiro atoms. The van der Waals surface area contributed by atoms with Crippen LogP contribution in [0.1, 0.15) is 42.9 Å². The predicted molar refractivity (Wildman–Crippen MR) is 129 cm³/mol. The van der Waals surface area contributed by atoms with Gasteiger partial charge in [-0.2, -0.15) is 0 Å². The van der Waals surface area contributed by atoms with Gasteiger partial charge in [0.05, 0.1) is 4.90 Å². The Morgan fingerprint density at radius 1 is 0.867 bits per heavy atom. The minimum Gasteiger partial charge on any atom is -0.280 e. The lowest BCUT2D eigenvalue weighted by Crippen LogP contribution is -2.13. The molecule has 0 saturated heterocycles. The van der Waals surface area contributed by atoms with Crippen LogP contribution in [0.15, 0.2) is 83.8 Å². The van der Waals surface area contributed by atoms with Crippen LogP contribution in [0, 0.1) is 0 Å². The third-order valence-electron chi connectivity index (χ3n) is 5.22. The van der Waals surface area contributed by atoms with E-state index >= 15 is 0 Å². The van der Waals surface area contributed by atoms with Crippen molar-refractivity contribution in [2.45, 2.75) is 43.9 Å². The van der Waals surface area contributed by atoms with Gasteiger partial charge in [0, 0.05) is 23.4 Å². The molecule has 3 rings (SSSR count). The molecule has 0 aliphatic rings. The SMILES string of the molecule is CCC(C)c1ccc(CC(=S)Cc2ccc(S(=O)(=O)Nc3ccccc3)cc2)cc1. The van der Waals surface area contributed by atoms with Gasteiger partial charge in [-0.15, -0.1) is 0 Å². The minimum atomic E-state index is -3.60. The number of benzene rings is 3. The molecule has 3 aromatic carbocycles. The number of thiocarbonyl (C=S) groups is 1. The van der Waals surface area contributed by atoms with Gasteiger partial charge in [-0.1, -0.05) is 80.7 Å². The van der Waals surface area contributed by atoms with Crippen LogP contribution in [0.5, 0.6) is 0 Å². The van der Waals surface area contributed by atoms with E-state index in [1.54, 1.807) is 36.4 Å². The molecule has 0 aliphatic carbocycles. The summed E-state index contributed by atoms with van der Waals surface area (Å²) in [7, 11) is -3.60. The van der Waals surface area contributed by atoms with E-state index in [1.165, 1.54) is 11.1 Å². The van der Waals surface area contributed by atoms with Gasteiger partial charge in [0.15, 0.2) is 0 Å². The lowest BCUT2D eigenvalue weighted by molar-refractivity contribution is 0.601. The van der Waals surface area contributed by atoms with Crippen LogP contribution in [-0.2, 0) is 22.9 Å². The van der Waals surface area contributed by atoms with E-state index in [0.717, 1.165) is 23.3 Å². The first-order valence-corrected chi connectivity index (χ1v) is 12.0. The van der Waals surface area contributed by atoms with Crippen molar-refractivity contribution in [2.24, 2.45) is 0 Å². The lowest BCUT2D eigenvalue weighted by atomic mass is 9.96. The summed E-state index contributed by atoms with van der Waals surface area (Å²) in [5.41, 5.74) is 4.11. The largest absolute Gasteiger partial charge is 0.280 e. The van der Waals surface area contributed by atoms with E-state index in [4.69, 9.17) is 12.2 Å². The van der Waals surface area contributed by atoms with Crippen LogP contribution in [-0.4, -0.2) is 13.3 Å². The monoisotopic (exact) mass is 437 g/mol. The van der Waals surface area contributed by atoms with Crippen molar-refractivity contribution in [3.05, 3.63) is 95.6 Å². The maximum atomic E-state index is 12.5. The molecule has 0 aromatic heterocycles. The zero-order valence-corrected chi connectivity index (χ0v) is 19.0. The molecule has 1 atom stereocenters. The standard InChI is InChI=1S/C25H27NO2S2/c1-3-19(2)22-13-9-20(10-14-22)17-24(29)18-21-11-15-25(16-12-21)30(27,28)26-23-7-5-4-6-8-23/h4-16,19,26H,3,17-18H2,1-2H3. The molecule has 30 heavy (non-hydrogen) atoms. The van der Waals surface area contributed by atoms with E-state index < -0.39 is 10.0 Å². The molecule has 3 aromatic rings. The van der Waals surface area contributed by atoms with E-state index in [2.05, 4.69) is 42.8 Å². The summed E-state index contributed by atoms with van der Waals surface area (Å²) >= 11 is 5.59. The molecule has 1 unspecified atom stereocenters. The Bertz CT molecular complexity index is 1070. The Morgan fingerprint density at radius 3 is 1.93 bits per heavy atom. The van der Waals surface area contributed by atoms with Gasteiger partial charge in [-0.25, -0.2) is 8.42 Å². The van der Waals surface area contributed by atoms with Crippen molar-refractivity contribution in [3.63, 3.8) is 0 Å². The summed E-state index contributed by atoms with van der Waals surface area (Å²) in [4.78, 5) is 1.17. The van der Waals surface area contributed by atoms with E-state index in [9.17, 15) is 8.42 Å². The maximum Gasteiger partial charge on any atom is 0.261 e. The molecular formula is C25H27NO2S2. The van der Waals surface area contributed by atoms with Crippen molar-refractivity contribution in [2.75, 3.05) is 4.72 Å². The first-order chi connectivity index (χ1) is 14.4. The summed E-state index contributed by atoms with van der Waals surface area (Å²) in [6.45, 7) is 4.43. The molecule has 0 amide bonds. The lowest BCUT2D eigenvalue weighted by Gasteiger charge is -2.11. The second-order valence-corrected chi connectivity index (χ2v) is 9.82. The number of para-hydroxylation sites is 1. The summed E-state index contributed by atoms with van der Waals surface area (Å²) in [5, 5.41) is 0. The number of rotatable bonds is 9. The first kappa shape index (κ1) is 22.2. The fraction of sp³-hybridized carbons (Fsp3) is 0.240. The average Bonchev–Trinajstić information content (AvgIpc) is 2.74. The second-order valence-electron chi connectivity index (χ2n) is 7.56. The van der Waals surface area contributed by atoms with Crippen LogP contribution in [0.2, 0.25) is 0 Å². The van der Waals surface area contributed by atoms with E-state index in [-0.39, 0.29) is 4.90 Å². The van der Waals surface area contributed by atoms with Gasteiger partial charge in [-0.05, 0) is 53.3 Å². The fourth-order valence-electron chi connectivity index (χ4n) is 3.22. The summed E-state index contributed by atoms with van der Waals surface area (Å²) in [6, 6.07) is 24.5. The molecule has 0 heterocycles. The number of nitrogens with one attached hydrogen (secondary N) is 1. The van der Waals surface area contributed by atoms with Crippen LogP contribution in [0.25, 0.3) is 0 Å². The Morgan fingerprint density at radius 2 is 1.40 bits per heavy atom. The maximum absolute atomic E-state index is 12.5. The highest BCUT2D eigenvalue weighted by molar-refractivity contribution is 7.92. The Balaban J connectivity index is 1.60. The van der Waals surface area contributed by atoms with Crippen molar-refractivity contribution >= 4 is 32.8 Å². The third kappa shape index (κ3) is 6.00. The summed E-state index contributed by atoms with van der Waals surface area (Å²) < 4.78 is 27.7. The Labute approximate surface area is 185 Å². The zero-order chi connectivity index (χ0) is 21.6. The molecule has 5 heteroatoms. The predicted octanol–water partition coefficient (Wildman–Crippen LogP) is 6.16. The van der Waals surface area contributed by atoms with E-state index in [1.807, 2.05) is 18.2 Å². The molecular weight excluding hydrogens is 410 g/mol. The number of hydrogen-bond donors (Lipinski definition) is 1. The normalized spacial score (nSPS) is 12.3. The van der Waals surface area contributed by atoms with Crippen LogP contribution < -0.4 is 4.72 Å². The minimum absolute atomic E-state index is 0.238.